The van der Waals surface area contributed by atoms with E-state index in [1.54, 1.807) is 24.3 Å². The summed E-state index contributed by atoms with van der Waals surface area (Å²) in [7, 11) is -3.77. The number of fused-ring (bicyclic) bond motifs is 1. The van der Waals surface area contributed by atoms with E-state index in [0.29, 0.717) is 15.9 Å². The molecule has 31 heavy (non-hydrogen) atoms. The summed E-state index contributed by atoms with van der Waals surface area (Å²) in [6, 6.07) is 15.4. The fraction of sp³-hybridized carbons (Fsp3) is 0.0909. The molecule has 6 nitrogen and oxygen atoms in total. The van der Waals surface area contributed by atoms with Gasteiger partial charge in [0.2, 0.25) is 0 Å². The van der Waals surface area contributed by atoms with Gasteiger partial charge in [-0.05, 0) is 61.9 Å². The number of anilines is 2. The number of nitrogens with one attached hydrogen (secondary N) is 2. The van der Waals surface area contributed by atoms with E-state index in [9.17, 15) is 17.6 Å². The predicted molar refractivity (Wildman–Crippen MR) is 121 cm³/mol. The number of carbonyl (C=O) groups excluding carboxylic acids is 1. The van der Waals surface area contributed by atoms with Gasteiger partial charge in [-0.3, -0.25) is 9.52 Å². The van der Waals surface area contributed by atoms with E-state index in [1.807, 2.05) is 13.8 Å². The highest BCUT2D eigenvalue weighted by Crippen LogP contribution is 2.32. The van der Waals surface area contributed by atoms with Crippen molar-refractivity contribution in [2.75, 3.05) is 10.0 Å². The van der Waals surface area contributed by atoms with Crippen molar-refractivity contribution in [3.63, 3.8) is 0 Å². The zero-order valence-corrected chi connectivity index (χ0v) is 18.3. The lowest BCUT2D eigenvalue weighted by Gasteiger charge is -2.07. The summed E-state index contributed by atoms with van der Waals surface area (Å²) in [6.07, 6.45) is 0. The molecule has 0 unspecified atom stereocenters. The van der Waals surface area contributed by atoms with Crippen LogP contribution < -0.4 is 10.0 Å². The molecule has 2 N–H and O–H groups in total. The van der Waals surface area contributed by atoms with E-state index in [0.717, 1.165) is 28.5 Å². The van der Waals surface area contributed by atoms with Crippen LogP contribution in [0, 0.1) is 19.7 Å². The van der Waals surface area contributed by atoms with Gasteiger partial charge in [0.1, 0.15) is 5.82 Å². The van der Waals surface area contributed by atoms with Gasteiger partial charge in [0.25, 0.3) is 15.9 Å². The van der Waals surface area contributed by atoms with E-state index >= 15 is 0 Å². The molecule has 4 rings (SSSR count). The molecular formula is C22H18FN3O3S2. The summed E-state index contributed by atoms with van der Waals surface area (Å²) in [5, 5.41) is 2.97. The first-order valence-corrected chi connectivity index (χ1v) is 11.6. The molecule has 0 saturated heterocycles. The lowest BCUT2D eigenvalue weighted by atomic mass is 10.1. The predicted octanol–water partition coefficient (Wildman–Crippen LogP) is 5.11. The number of halogens is 1. The van der Waals surface area contributed by atoms with Gasteiger partial charge in [0.05, 0.1) is 15.1 Å². The molecule has 0 saturated carbocycles. The van der Waals surface area contributed by atoms with Gasteiger partial charge in [0.15, 0.2) is 5.13 Å². The highest BCUT2D eigenvalue weighted by Gasteiger charge is 2.18. The number of hydrogen-bond acceptors (Lipinski definition) is 5. The lowest BCUT2D eigenvalue weighted by molar-refractivity contribution is 0.102. The second-order valence-electron chi connectivity index (χ2n) is 7.04. The smallest absolute Gasteiger partial charge is 0.263 e. The number of nitrogens with zero attached hydrogens (tertiary/aromatic N) is 1. The zero-order valence-electron chi connectivity index (χ0n) is 16.6. The van der Waals surface area contributed by atoms with Gasteiger partial charge in [0, 0.05) is 11.3 Å². The summed E-state index contributed by atoms with van der Waals surface area (Å²) >= 11 is 1.16. The molecule has 0 aliphatic rings. The third-order valence-corrected chi connectivity index (χ3v) is 6.99. The van der Waals surface area contributed by atoms with Crippen LogP contribution in [0.5, 0.6) is 0 Å². The SMILES string of the molecule is Cc1ccc(S(=O)(=O)Nc2nc3c(C)cc(NC(=O)c4cccc(F)c4)cc3s2)cc1. The lowest BCUT2D eigenvalue weighted by Crippen LogP contribution is -2.12. The molecule has 1 heterocycles. The number of amides is 1. The van der Waals surface area contributed by atoms with Crippen LogP contribution in [0.15, 0.2) is 65.6 Å². The molecule has 9 heteroatoms. The standard InChI is InChI=1S/C22H18FN3O3S2/c1-13-6-8-18(9-7-13)31(28,29)26-22-25-20-14(2)10-17(12-19(20)30-22)24-21(27)15-4-3-5-16(23)11-15/h3-12H,1-2H3,(H,24,27)(H,25,26). The normalized spacial score (nSPS) is 11.5. The number of aromatic nitrogens is 1. The Morgan fingerprint density at radius 2 is 1.77 bits per heavy atom. The van der Waals surface area contributed by atoms with Crippen LogP contribution in [-0.2, 0) is 10.0 Å². The molecule has 0 radical (unpaired) electrons. The van der Waals surface area contributed by atoms with Crippen molar-refractivity contribution in [2.24, 2.45) is 0 Å². The largest absolute Gasteiger partial charge is 0.322 e. The first-order chi connectivity index (χ1) is 14.7. The summed E-state index contributed by atoms with van der Waals surface area (Å²) in [4.78, 5) is 17.0. The maximum Gasteiger partial charge on any atom is 0.263 e. The molecule has 1 amide bonds. The Kier molecular flexibility index (Phi) is 5.47. The average molecular weight is 456 g/mol. The van der Waals surface area contributed by atoms with E-state index < -0.39 is 21.7 Å². The second kappa shape index (κ2) is 8.09. The van der Waals surface area contributed by atoms with Crippen molar-refractivity contribution in [3.8, 4) is 0 Å². The van der Waals surface area contributed by atoms with Gasteiger partial charge in [-0.15, -0.1) is 0 Å². The van der Waals surface area contributed by atoms with Gasteiger partial charge in [-0.2, -0.15) is 0 Å². The van der Waals surface area contributed by atoms with Crippen LogP contribution in [0.4, 0.5) is 15.2 Å². The quantitative estimate of drug-likeness (QED) is 0.438. The number of benzene rings is 3. The Morgan fingerprint density at radius 3 is 2.48 bits per heavy atom. The van der Waals surface area contributed by atoms with Crippen molar-refractivity contribution in [3.05, 3.63) is 83.2 Å². The Hall–Kier alpha value is -3.30. The average Bonchev–Trinajstić information content (AvgIpc) is 3.10. The summed E-state index contributed by atoms with van der Waals surface area (Å²) < 4.78 is 41.9. The molecule has 0 atom stereocenters. The minimum Gasteiger partial charge on any atom is -0.322 e. The van der Waals surface area contributed by atoms with Crippen LogP contribution in [0.1, 0.15) is 21.5 Å². The van der Waals surface area contributed by atoms with Gasteiger partial charge < -0.3 is 5.32 Å². The Labute approximate surface area is 182 Å². The van der Waals surface area contributed by atoms with Crippen molar-refractivity contribution in [1.29, 1.82) is 0 Å². The Morgan fingerprint density at radius 1 is 1.03 bits per heavy atom. The molecule has 0 bridgehead atoms. The van der Waals surface area contributed by atoms with Gasteiger partial charge in [-0.25, -0.2) is 17.8 Å². The van der Waals surface area contributed by atoms with Crippen molar-refractivity contribution in [1.82, 2.24) is 4.98 Å². The third kappa shape index (κ3) is 4.57. The molecule has 4 aromatic rings. The molecule has 0 fully saturated rings. The third-order valence-electron chi connectivity index (χ3n) is 4.58. The van der Waals surface area contributed by atoms with E-state index in [1.165, 1.54) is 30.3 Å². The highest BCUT2D eigenvalue weighted by atomic mass is 32.2. The number of carbonyl (C=O) groups is 1. The molecule has 1 aromatic heterocycles. The topological polar surface area (TPSA) is 88.2 Å². The van der Waals surface area contributed by atoms with Crippen molar-refractivity contribution >= 4 is 48.3 Å². The number of sulfonamides is 1. The van der Waals surface area contributed by atoms with Crippen molar-refractivity contribution < 1.29 is 17.6 Å². The van der Waals surface area contributed by atoms with Crippen LogP contribution in [-0.4, -0.2) is 19.3 Å². The first-order valence-electron chi connectivity index (χ1n) is 9.29. The summed E-state index contributed by atoms with van der Waals surface area (Å²) in [5.41, 5.74) is 3.08. The maximum absolute atomic E-state index is 13.4. The number of aryl methyl sites for hydroxylation is 2. The van der Waals surface area contributed by atoms with Crippen LogP contribution in [0.3, 0.4) is 0 Å². The second-order valence-corrected chi connectivity index (χ2v) is 9.75. The zero-order chi connectivity index (χ0) is 22.2. The molecule has 0 aliphatic carbocycles. The highest BCUT2D eigenvalue weighted by molar-refractivity contribution is 7.93. The van der Waals surface area contributed by atoms with Crippen LogP contribution in [0.2, 0.25) is 0 Å². The minimum absolute atomic E-state index is 0.150. The minimum atomic E-state index is -3.77. The Bertz CT molecular complexity index is 1400. The molecule has 0 spiro atoms. The Balaban J connectivity index is 1.60. The monoisotopic (exact) mass is 455 g/mol. The van der Waals surface area contributed by atoms with E-state index in [-0.39, 0.29) is 15.6 Å². The fourth-order valence-corrected chi connectivity index (χ4v) is 5.25. The van der Waals surface area contributed by atoms with Gasteiger partial charge >= 0.3 is 0 Å². The van der Waals surface area contributed by atoms with Crippen LogP contribution in [0.25, 0.3) is 10.2 Å². The van der Waals surface area contributed by atoms with E-state index in [4.69, 9.17) is 0 Å². The number of hydrogen-bond donors (Lipinski definition) is 2. The van der Waals surface area contributed by atoms with Gasteiger partial charge in [-0.1, -0.05) is 35.1 Å². The van der Waals surface area contributed by atoms with E-state index in [2.05, 4.69) is 15.0 Å². The molecule has 0 aliphatic heterocycles. The molecular weight excluding hydrogens is 437 g/mol. The first kappa shape index (κ1) is 21.0. The molecule has 158 valence electrons. The summed E-state index contributed by atoms with van der Waals surface area (Å²) in [5.74, 6) is -0.935. The molecule has 3 aromatic carbocycles. The summed E-state index contributed by atoms with van der Waals surface area (Å²) in [6.45, 7) is 3.70. The van der Waals surface area contributed by atoms with Crippen LogP contribution >= 0.6 is 11.3 Å². The maximum atomic E-state index is 13.4. The van der Waals surface area contributed by atoms with Crippen molar-refractivity contribution in [2.45, 2.75) is 18.7 Å². The fourth-order valence-electron chi connectivity index (χ4n) is 3.04. The number of thiazole rings is 1. The number of rotatable bonds is 5.